The van der Waals surface area contributed by atoms with E-state index in [1.807, 2.05) is 6.92 Å². The lowest BCUT2D eigenvalue weighted by Gasteiger charge is -1.96. The Labute approximate surface area is 49.5 Å². The quantitative estimate of drug-likeness (QED) is 0.460. The standard InChI is InChI=1S/C3H9NS2/c1-3(5)2-4-6/h3-6H,2H2,1H3. The van der Waals surface area contributed by atoms with Crippen LogP contribution in [0.25, 0.3) is 0 Å². The van der Waals surface area contributed by atoms with Gasteiger partial charge >= 0.3 is 0 Å². The van der Waals surface area contributed by atoms with Crippen molar-refractivity contribution in [2.75, 3.05) is 6.54 Å². The predicted molar refractivity (Wildman–Crippen MR) is 35.4 cm³/mol. The van der Waals surface area contributed by atoms with Crippen LogP contribution in [0.15, 0.2) is 0 Å². The third-order valence-electron chi connectivity index (χ3n) is 0.387. The van der Waals surface area contributed by atoms with Gasteiger partial charge in [-0.05, 0) is 0 Å². The minimum atomic E-state index is 0.405. The molecule has 0 fully saturated rings. The topological polar surface area (TPSA) is 12.0 Å². The molecule has 0 radical (unpaired) electrons. The summed E-state index contributed by atoms with van der Waals surface area (Å²) in [5.41, 5.74) is 0. The van der Waals surface area contributed by atoms with Crippen LogP contribution in [-0.2, 0) is 0 Å². The van der Waals surface area contributed by atoms with Crippen LogP contribution in [0.4, 0.5) is 0 Å². The highest BCUT2D eigenvalue weighted by Crippen LogP contribution is 1.87. The van der Waals surface area contributed by atoms with Crippen LogP contribution in [0.2, 0.25) is 0 Å². The molecule has 0 aliphatic heterocycles. The van der Waals surface area contributed by atoms with Gasteiger partial charge in [0.2, 0.25) is 0 Å². The van der Waals surface area contributed by atoms with Crippen molar-refractivity contribution in [3.05, 3.63) is 0 Å². The summed E-state index contributed by atoms with van der Waals surface area (Å²) < 4.78 is 2.69. The third kappa shape index (κ3) is 4.66. The molecule has 1 atom stereocenters. The van der Waals surface area contributed by atoms with Crippen LogP contribution in [-0.4, -0.2) is 11.8 Å². The van der Waals surface area contributed by atoms with Gasteiger partial charge < -0.3 is 0 Å². The maximum absolute atomic E-state index is 4.07. The molecule has 0 rings (SSSR count). The third-order valence-corrected chi connectivity index (χ3v) is 0.752. The van der Waals surface area contributed by atoms with Crippen molar-refractivity contribution < 1.29 is 0 Å². The molecule has 0 aromatic heterocycles. The molecule has 1 unspecified atom stereocenters. The van der Waals surface area contributed by atoms with Gasteiger partial charge in [-0.2, -0.15) is 12.6 Å². The lowest BCUT2D eigenvalue weighted by molar-refractivity contribution is 0.906. The molecule has 38 valence electrons. The van der Waals surface area contributed by atoms with Crippen LogP contribution >= 0.6 is 25.4 Å². The van der Waals surface area contributed by atoms with E-state index < -0.39 is 0 Å². The maximum atomic E-state index is 4.07. The second kappa shape index (κ2) is 3.84. The van der Waals surface area contributed by atoms with Crippen LogP contribution < -0.4 is 4.72 Å². The van der Waals surface area contributed by atoms with Crippen molar-refractivity contribution in [2.45, 2.75) is 12.2 Å². The number of thiol groups is 2. The van der Waals surface area contributed by atoms with E-state index in [0.717, 1.165) is 6.54 Å². The molecule has 3 heteroatoms. The summed E-state index contributed by atoms with van der Waals surface area (Å²) in [7, 11) is 0. The average molecular weight is 123 g/mol. The summed E-state index contributed by atoms with van der Waals surface area (Å²) >= 11 is 7.83. The summed E-state index contributed by atoms with van der Waals surface area (Å²) in [6.07, 6.45) is 0. The molecule has 0 aliphatic rings. The van der Waals surface area contributed by atoms with Gasteiger partial charge in [0.05, 0.1) is 0 Å². The number of hydrogen-bond donors (Lipinski definition) is 3. The molecule has 1 nitrogen and oxygen atoms in total. The lowest BCUT2D eigenvalue weighted by Crippen LogP contribution is -2.10. The highest BCUT2D eigenvalue weighted by Gasteiger charge is 1.86. The van der Waals surface area contributed by atoms with Gasteiger partial charge in [-0.15, -0.1) is 0 Å². The fourth-order valence-electron chi connectivity index (χ4n) is 0.132. The van der Waals surface area contributed by atoms with Crippen molar-refractivity contribution in [3.63, 3.8) is 0 Å². The average Bonchev–Trinajstić information content (AvgIpc) is 1.35. The zero-order chi connectivity index (χ0) is 4.99. The van der Waals surface area contributed by atoms with Gasteiger partial charge in [-0.1, -0.05) is 19.7 Å². The summed E-state index contributed by atoms with van der Waals surface area (Å²) in [5, 5.41) is 0.405. The van der Waals surface area contributed by atoms with E-state index in [-0.39, 0.29) is 0 Å². The summed E-state index contributed by atoms with van der Waals surface area (Å²) in [5.74, 6) is 0. The van der Waals surface area contributed by atoms with Gasteiger partial charge in [-0.3, -0.25) is 4.72 Å². The Morgan fingerprint density at radius 3 is 2.33 bits per heavy atom. The predicted octanol–water partition coefficient (Wildman–Crippen LogP) is 0.739. The Morgan fingerprint density at radius 1 is 1.83 bits per heavy atom. The molecular weight excluding hydrogens is 114 g/mol. The van der Waals surface area contributed by atoms with E-state index in [1.54, 1.807) is 0 Å². The molecule has 1 N–H and O–H groups in total. The first-order valence-electron chi connectivity index (χ1n) is 1.82. The van der Waals surface area contributed by atoms with E-state index >= 15 is 0 Å². The normalized spacial score (nSPS) is 14.5. The molecule has 0 spiro atoms. The molecule has 0 saturated heterocycles. The highest BCUT2D eigenvalue weighted by molar-refractivity contribution is 7.81. The highest BCUT2D eigenvalue weighted by atomic mass is 32.1. The number of hydrogen-bond acceptors (Lipinski definition) is 3. The Balaban J connectivity index is 2.63. The zero-order valence-corrected chi connectivity index (χ0v) is 5.47. The fraction of sp³-hybridized carbons (Fsp3) is 1.00. The Hall–Kier alpha value is 0.660. The molecule has 0 saturated carbocycles. The largest absolute Gasteiger partial charge is 0.266 e. The van der Waals surface area contributed by atoms with Gasteiger partial charge in [0.1, 0.15) is 0 Å². The van der Waals surface area contributed by atoms with E-state index in [0.29, 0.717) is 5.25 Å². The SMILES string of the molecule is CC(S)CNS. The van der Waals surface area contributed by atoms with Crippen LogP contribution in [0, 0.1) is 0 Å². The Morgan fingerprint density at radius 2 is 2.33 bits per heavy atom. The first kappa shape index (κ1) is 6.66. The lowest BCUT2D eigenvalue weighted by atomic mass is 10.5. The number of rotatable bonds is 2. The van der Waals surface area contributed by atoms with E-state index in [9.17, 15) is 0 Å². The molecule has 0 bridgehead atoms. The van der Waals surface area contributed by atoms with Crippen LogP contribution in [0.5, 0.6) is 0 Å². The molecule has 0 aliphatic carbocycles. The molecule has 6 heavy (non-hydrogen) atoms. The van der Waals surface area contributed by atoms with Gasteiger partial charge in [0, 0.05) is 11.8 Å². The molecule has 0 aromatic carbocycles. The Kier molecular flexibility index (Phi) is 4.26. The van der Waals surface area contributed by atoms with Gasteiger partial charge in [0.15, 0.2) is 0 Å². The fourth-order valence-corrected chi connectivity index (χ4v) is 0.641. The summed E-state index contributed by atoms with van der Waals surface area (Å²) in [4.78, 5) is 0. The maximum Gasteiger partial charge on any atom is 0.0170 e. The van der Waals surface area contributed by atoms with Crippen molar-refractivity contribution in [1.29, 1.82) is 0 Å². The van der Waals surface area contributed by atoms with E-state index in [1.165, 1.54) is 0 Å². The first-order chi connectivity index (χ1) is 2.77. The second-order valence-corrected chi connectivity index (χ2v) is 2.41. The van der Waals surface area contributed by atoms with Crippen LogP contribution in [0.3, 0.4) is 0 Å². The Bertz CT molecular complexity index is 30.0. The van der Waals surface area contributed by atoms with Gasteiger partial charge in [-0.25, -0.2) is 0 Å². The summed E-state index contributed by atoms with van der Waals surface area (Å²) in [6.45, 7) is 2.86. The van der Waals surface area contributed by atoms with Gasteiger partial charge in [0.25, 0.3) is 0 Å². The molecular formula is C3H9NS2. The van der Waals surface area contributed by atoms with Crippen molar-refractivity contribution in [2.24, 2.45) is 0 Å². The summed E-state index contributed by atoms with van der Waals surface area (Å²) in [6, 6.07) is 0. The smallest absolute Gasteiger partial charge is 0.0170 e. The number of nitrogens with one attached hydrogen (secondary N) is 1. The van der Waals surface area contributed by atoms with Crippen LogP contribution in [0.1, 0.15) is 6.92 Å². The zero-order valence-electron chi connectivity index (χ0n) is 3.68. The minimum Gasteiger partial charge on any atom is -0.266 e. The van der Waals surface area contributed by atoms with E-state index in [4.69, 9.17) is 0 Å². The second-order valence-electron chi connectivity index (χ2n) is 1.21. The molecule has 0 amide bonds. The monoisotopic (exact) mass is 123 g/mol. The minimum absolute atomic E-state index is 0.405. The van der Waals surface area contributed by atoms with Crippen molar-refractivity contribution in [1.82, 2.24) is 4.72 Å². The van der Waals surface area contributed by atoms with E-state index in [2.05, 4.69) is 30.2 Å². The van der Waals surface area contributed by atoms with Crippen molar-refractivity contribution in [3.8, 4) is 0 Å². The first-order valence-corrected chi connectivity index (χ1v) is 2.78. The molecule has 0 aromatic rings. The van der Waals surface area contributed by atoms with Crippen molar-refractivity contribution >= 4 is 25.4 Å². The molecule has 0 heterocycles.